The van der Waals surface area contributed by atoms with Gasteiger partial charge >= 0.3 is 0 Å². The second-order valence-electron chi connectivity index (χ2n) is 7.03. The molecule has 0 radical (unpaired) electrons. The fourth-order valence-corrected chi connectivity index (χ4v) is 4.61. The van der Waals surface area contributed by atoms with Gasteiger partial charge in [0, 0.05) is 32.4 Å². The highest BCUT2D eigenvalue weighted by Gasteiger charge is 2.25. The van der Waals surface area contributed by atoms with Crippen LogP contribution in [0.1, 0.15) is 23.2 Å². The fourth-order valence-electron chi connectivity index (χ4n) is 3.41. The van der Waals surface area contributed by atoms with Gasteiger partial charge in [0.15, 0.2) is 9.84 Å². The molecule has 0 aliphatic carbocycles. The maximum Gasteiger partial charge on any atom is 0.255 e. The number of rotatable bonds is 4. The van der Waals surface area contributed by atoms with Crippen molar-refractivity contribution in [2.45, 2.75) is 12.8 Å². The number of sulfone groups is 1. The summed E-state index contributed by atoms with van der Waals surface area (Å²) in [6.07, 6.45) is 4.03. The second-order valence-corrected chi connectivity index (χ2v) is 9.33. The predicted molar refractivity (Wildman–Crippen MR) is 97.5 cm³/mol. The average Bonchev–Trinajstić information content (AvgIpc) is 2.60. The van der Waals surface area contributed by atoms with Gasteiger partial charge in [-0.3, -0.25) is 4.79 Å². The maximum atomic E-state index is 12.4. The van der Waals surface area contributed by atoms with E-state index in [1.54, 1.807) is 17.2 Å². The molecule has 7 nitrogen and oxygen atoms in total. The first-order valence-corrected chi connectivity index (χ1v) is 10.6. The Bertz CT molecular complexity index is 691. The van der Waals surface area contributed by atoms with E-state index >= 15 is 0 Å². The molecule has 25 heavy (non-hydrogen) atoms. The normalized spacial score (nSPS) is 24.0. The number of aromatic nitrogens is 1. The molecule has 1 unspecified atom stereocenters. The lowest BCUT2D eigenvalue weighted by atomic mass is 9.98. The average molecular weight is 366 g/mol. The molecule has 1 aromatic heterocycles. The third-order valence-corrected chi connectivity index (χ3v) is 6.55. The van der Waals surface area contributed by atoms with Crippen LogP contribution in [0, 0.1) is 5.92 Å². The van der Waals surface area contributed by atoms with Crippen LogP contribution in [0.4, 0.5) is 5.82 Å². The van der Waals surface area contributed by atoms with E-state index < -0.39 is 9.84 Å². The quantitative estimate of drug-likeness (QED) is 0.845. The predicted octanol–water partition coefficient (Wildman–Crippen LogP) is 0.706. The lowest BCUT2D eigenvalue weighted by Gasteiger charge is -2.29. The number of pyridine rings is 1. The molecule has 2 aliphatic heterocycles. The fraction of sp³-hybridized carbons (Fsp3) is 0.647. The van der Waals surface area contributed by atoms with Gasteiger partial charge in [0.25, 0.3) is 5.91 Å². The molecule has 0 aromatic carbocycles. The van der Waals surface area contributed by atoms with Gasteiger partial charge in [-0.15, -0.1) is 0 Å². The zero-order valence-corrected chi connectivity index (χ0v) is 15.5. The minimum Gasteiger partial charge on any atom is -0.370 e. The topological polar surface area (TPSA) is 82.6 Å². The van der Waals surface area contributed by atoms with Gasteiger partial charge in [-0.05, 0) is 44.5 Å². The van der Waals surface area contributed by atoms with E-state index in [0.717, 1.165) is 18.9 Å². The monoisotopic (exact) mass is 366 g/mol. The summed E-state index contributed by atoms with van der Waals surface area (Å²) in [7, 11) is -0.834. The molecule has 138 valence electrons. The highest BCUT2D eigenvalue weighted by atomic mass is 32.2. The molecule has 0 saturated carbocycles. The molecule has 0 spiro atoms. The Balaban J connectivity index is 1.52. The first-order valence-electron chi connectivity index (χ1n) is 8.81. The van der Waals surface area contributed by atoms with Crippen LogP contribution in [0.25, 0.3) is 0 Å². The summed E-state index contributed by atoms with van der Waals surface area (Å²) in [5.74, 6) is 1.33. The molecule has 3 heterocycles. The van der Waals surface area contributed by atoms with Crippen LogP contribution in [0.15, 0.2) is 18.3 Å². The number of nitrogens with zero attached hydrogens (tertiary/aromatic N) is 3. The van der Waals surface area contributed by atoms with Crippen molar-refractivity contribution in [3.8, 4) is 0 Å². The Hall–Kier alpha value is -1.67. The summed E-state index contributed by atoms with van der Waals surface area (Å²) in [6.45, 7) is 3.67. The zero-order valence-electron chi connectivity index (χ0n) is 14.6. The molecule has 3 rings (SSSR count). The van der Waals surface area contributed by atoms with Gasteiger partial charge in [-0.25, -0.2) is 13.4 Å². The third kappa shape index (κ3) is 4.92. The molecule has 1 amide bonds. The van der Waals surface area contributed by atoms with Gasteiger partial charge in [0.2, 0.25) is 0 Å². The SMILES string of the molecule is CN1CCCC(CNc2ccc(C(=O)N3CCS(=O)(=O)CC3)cn2)C1. The summed E-state index contributed by atoms with van der Waals surface area (Å²) < 4.78 is 22.9. The second kappa shape index (κ2) is 7.70. The number of hydrogen-bond donors (Lipinski definition) is 1. The molecule has 0 bridgehead atoms. The molecular formula is C17H26N4O3S. The largest absolute Gasteiger partial charge is 0.370 e. The number of carbonyl (C=O) groups is 1. The highest BCUT2D eigenvalue weighted by molar-refractivity contribution is 7.91. The van der Waals surface area contributed by atoms with E-state index in [2.05, 4.69) is 22.2 Å². The molecular weight excluding hydrogens is 340 g/mol. The van der Waals surface area contributed by atoms with E-state index in [-0.39, 0.29) is 30.5 Å². The van der Waals surface area contributed by atoms with Crippen LogP contribution >= 0.6 is 0 Å². The van der Waals surface area contributed by atoms with Crippen molar-refractivity contribution >= 4 is 21.6 Å². The molecule has 1 aromatic rings. The van der Waals surface area contributed by atoms with Crippen LogP contribution in [0.3, 0.4) is 0 Å². The van der Waals surface area contributed by atoms with Crippen LogP contribution < -0.4 is 5.32 Å². The van der Waals surface area contributed by atoms with Crippen LogP contribution in [-0.2, 0) is 9.84 Å². The summed E-state index contributed by atoms with van der Waals surface area (Å²) in [4.78, 5) is 20.7. The van der Waals surface area contributed by atoms with Crippen LogP contribution in [0.5, 0.6) is 0 Å². The van der Waals surface area contributed by atoms with E-state index in [0.29, 0.717) is 11.5 Å². The van der Waals surface area contributed by atoms with E-state index in [1.807, 2.05) is 6.07 Å². The van der Waals surface area contributed by atoms with Crippen molar-refractivity contribution in [2.24, 2.45) is 5.92 Å². The summed E-state index contributed by atoms with van der Waals surface area (Å²) in [5, 5.41) is 3.35. The van der Waals surface area contributed by atoms with Gasteiger partial charge in [-0.2, -0.15) is 0 Å². The highest BCUT2D eigenvalue weighted by Crippen LogP contribution is 2.16. The molecule has 1 atom stereocenters. The Morgan fingerprint density at radius 3 is 2.68 bits per heavy atom. The van der Waals surface area contributed by atoms with Gasteiger partial charge < -0.3 is 15.1 Å². The van der Waals surface area contributed by atoms with Crippen molar-refractivity contribution in [1.29, 1.82) is 0 Å². The number of piperidine rings is 1. The van der Waals surface area contributed by atoms with Crippen molar-refractivity contribution in [2.75, 3.05) is 56.6 Å². The Morgan fingerprint density at radius 1 is 1.28 bits per heavy atom. The number of anilines is 1. The summed E-state index contributed by atoms with van der Waals surface area (Å²) >= 11 is 0. The van der Waals surface area contributed by atoms with Crippen molar-refractivity contribution < 1.29 is 13.2 Å². The number of hydrogen-bond acceptors (Lipinski definition) is 6. The third-order valence-electron chi connectivity index (χ3n) is 4.94. The van der Waals surface area contributed by atoms with Gasteiger partial charge in [-0.1, -0.05) is 0 Å². The molecule has 2 fully saturated rings. The van der Waals surface area contributed by atoms with E-state index in [9.17, 15) is 13.2 Å². The van der Waals surface area contributed by atoms with Crippen molar-refractivity contribution in [3.63, 3.8) is 0 Å². The van der Waals surface area contributed by atoms with Gasteiger partial charge in [0.05, 0.1) is 17.1 Å². The molecule has 2 saturated heterocycles. The first-order chi connectivity index (χ1) is 11.9. The molecule has 1 N–H and O–H groups in total. The van der Waals surface area contributed by atoms with Crippen molar-refractivity contribution in [3.05, 3.63) is 23.9 Å². The van der Waals surface area contributed by atoms with Crippen LogP contribution in [0.2, 0.25) is 0 Å². The molecule has 8 heteroatoms. The van der Waals surface area contributed by atoms with E-state index in [1.165, 1.54) is 19.4 Å². The van der Waals surface area contributed by atoms with E-state index in [4.69, 9.17) is 0 Å². The summed E-state index contributed by atoms with van der Waals surface area (Å²) in [6, 6.07) is 3.58. The number of nitrogens with one attached hydrogen (secondary N) is 1. The lowest BCUT2D eigenvalue weighted by Crippen LogP contribution is -2.43. The Labute approximate surface area is 149 Å². The standard InChI is InChI=1S/C17H26N4O3S/c1-20-6-2-3-14(13-20)11-18-16-5-4-15(12-19-16)17(22)21-7-9-25(23,24)10-8-21/h4-5,12,14H,2-3,6-11,13H2,1H3,(H,18,19). The summed E-state index contributed by atoms with van der Waals surface area (Å²) in [5.41, 5.74) is 0.502. The zero-order chi connectivity index (χ0) is 17.9. The first kappa shape index (κ1) is 18.1. The van der Waals surface area contributed by atoms with Gasteiger partial charge in [0.1, 0.15) is 5.82 Å². The minimum atomic E-state index is -2.98. The molecule has 2 aliphatic rings. The van der Waals surface area contributed by atoms with Crippen molar-refractivity contribution in [1.82, 2.24) is 14.8 Å². The lowest BCUT2D eigenvalue weighted by molar-refractivity contribution is 0.0770. The van der Waals surface area contributed by atoms with Crippen LogP contribution in [-0.4, -0.2) is 80.4 Å². The maximum absolute atomic E-state index is 12.4. The number of amides is 1. The Kier molecular flexibility index (Phi) is 5.58. The Morgan fingerprint density at radius 2 is 2.04 bits per heavy atom. The minimum absolute atomic E-state index is 0.0433. The number of carbonyl (C=O) groups excluding carboxylic acids is 1. The number of likely N-dealkylation sites (tertiary alicyclic amines) is 1. The smallest absolute Gasteiger partial charge is 0.255 e.